The van der Waals surface area contributed by atoms with Gasteiger partial charge >= 0.3 is 0 Å². The summed E-state index contributed by atoms with van der Waals surface area (Å²) in [6.07, 6.45) is 1.89. The maximum Gasteiger partial charge on any atom is 0.156 e. The van der Waals surface area contributed by atoms with Crippen molar-refractivity contribution in [1.29, 1.82) is 0 Å². The van der Waals surface area contributed by atoms with Gasteiger partial charge in [-0.2, -0.15) is 5.10 Å². The Labute approximate surface area is 129 Å². The minimum Gasteiger partial charge on any atom is -0.381 e. The van der Waals surface area contributed by atoms with Crippen molar-refractivity contribution in [3.8, 4) is 0 Å². The van der Waals surface area contributed by atoms with E-state index in [1.807, 2.05) is 0 Å². The van der Waals surface area contributed by atoms with Gasteiger partial charge in [0.1, 0.15) is 5.82 Å². The number of nitrogens with one attached hydrogen (secondary N) is 1. The summed E-state index contributed by atoms with van der Waals surface area (Å²) in [6.45, 7) is 4.64. The Morgan fingerprint density at radius 2 is 2.27 bits per heavy atom. The van der Waals surface area contributed by atoms with E-state index in [0.717, 1.165) is 44.2 Å². The number of aryl methyl sites for hydroxylation is 3. The fraction of sp³-hybridized carbons (Fsp3) is 0.412. The molecule has 0 radical (unpaired) electrons. The van der Waals surface area contributed by atoms with Crippen molar-refractivity contribution >= 4 is 10.9 Å². The van der Waals surface area contributed by atoms with Crippen LogP contribution in [0.1, 0.15) is 29.7 Å². The number of ether oxygens (including phenoxy) is 1. The number of aromatic nitrogens is 4. The zero-order valence-corrected chi connectivity index (χ0v) is 12.7. The second-order valence-corrected chi connectivity index (χ2v) is 5.95. The molecule has 0 aliphatic carbocycles. The molecule has 4 rings (SSSR count). The fourth-order valence-corrected chi connectivity index (χ4v) is 3.21. The minimum atomic E-state index is 0.360. The van der Waals surface area contributed by atoms with E-state index in [2.05, 4.69) is 57.0 Å². The fourth-order valence-electron chi connectivity index (χ4n) is 3.21. The number of hydrogen-bond donors (Lipinski definition) is 1. The second kappa shape index (κ2) is 5.57. The second-order valence-electron chi connectivity index (χ2n) is 5.95. The first-order chi connectivity index (χ1) is 10.8. The summed E-state index contributed by atoms with van der Waals surface area (Å²) in [6, 6.07) is 10.7. The van der Waals surface area contributed by atoms with Crippen LogP contribution in [-0.4, -0.2) is 33.0 Å². The lowest BCUT2D eigenvalue weighted by atomic mass is 10.1. The zero-order chi connectivity index (χ0) is 14.9. The highest BCUT2D eigenvalue weighted by Crippen LogP contribution is 2.22. The summed E-state index contributed by atoms with van der Waals surface area (Å²) in [7, 11) is 0. The van der Waals surface area contributed by atoms with Crippen LogP contribution in [0.5, 0.6) is 0 Å². The highest BCUT2D eigenvalue weighted by Gasteiger charge is 2.21. The van der Waals surface area contributed by atoms with Gasteiger partial charge in [-0.1, -0.05) is 18.2 Å². The molecular weight excluding hydrogens is 276 g/mol. The van der Waals surface area contributed by atoms with Gasteiger partial charge < -0.3 is 9.30 Å². The third-order valence-corrected chi connectivity index (χ3v) is 4.43. The monoisotopic (exact) mass is 296 g/mol. The molecule has 1 aliphatic rings. The van der Waals surface area contributed by atoms with E-state index in [1.54, 1.807) is 0 Å². The van der Waals surface area contributed by atoms with Crippen molar-refractivity contribution in [3.63, 3.8) is 0 Å². The van der Waals surface area contributed by atoms with Crippen LogP contribution in [0, 0.1) is 6.92 Å². The van der Waals surface area contributed by atoms with E-state index >= 15 is 0 Å². The molecule has 1 atom stereocenters. The number of benzene rings is 1. The highest BCUT2D eigenvalue weighted by atomic mass is 16.5. The van der Waals surface area contributed by atoms with Gasteiger partial charge in [-0.25, -0.2) is 4.98 Å². The van der Waals surface area contributed by atoms with Gasteiger partial charge in [0.15, 0.2) is 5.82 Å². The molecule has 3 aromatic rings. The van der Waals surface area contributed by atoms with Crippen molar-refractivity contribution in [1.82, 2.24) is 19.7 Å². The molecule has 1 aromatic carbocycles. The lowest BCUT2D eigenvalue weighted by molar-refractivity contribution is 0.193. The molecule has 1 unspecified atom stereocenters. The third-order valence-electron chi connectivity index (χ3n) is 4.43. The number of aromatic amines is 1. The van der Waals surface area contributed by atoms with E-state index in [1.165, 1.54) is 16.6 Å². The Morgan fingerprint density at radius 1 is 1.36 bits per heavy atom. The third kappa shape index (κ3) is 2.41. The van der Waals surface area contributed by atoms with Crippen molar-refractivity contribution in [2.24, 2.45) is 0 Å². The van der Waals surface area contributed by atoms with E-state index in [0.29, 0.717) is 5.92 Å². The average Bonchev–Trinajstić information content (AvgIpc) is 3.24. The number of nitrogens with zero attached hydrogens (tertiary/aromatic N) is 3. The van der Waals surface area contributed by atoms with E-state index < -0.39 is 0 Å². The molecule has 1 saturated heterocycles. The maximum absolute atomic E-state index is 5.41. The van der Waals surface area contributed by atoms with Crippen LogP contribution in [-0.2, 0) is 17.7 Å². The van der Waals surface area contributed by atoms with Gasteiger partial charge in [0, 0.05) is 36.7 Å². The molecule has 5 heteroatoms. The summed E-state index contributed by atoms with van der Waals surface area (Å²) in [5.41, 5.74) is 2.56. The molecule has 1 aliphatic heterocycles. The van der Waals surface area contributed by atoms with Gasteiger partial charge in [0.25, 0.3) is 0 Å². The lowest BCUT2D eigenvalue weighted by Gasteiger charge is -2.06. The standard InChI is InChI=1S/C17H20N4O/c1-12-10-13-4-2-3-5-15(13)21(12)8-6-16-18-17(20-19-16)14-7-9-22-11-14/h2-5,10,14H,6-9,11H2,1H3,(H,18,19,20). The Morgan fingerprint density at radius 3 is 3.14 bits per heavy atom. The van der Waals surface area contributed by atoms with Crippen molar-refractivity contribution < 1.29 is 4.74 Å². The Balaban J connectivity index is 1.51. The quantitative estimate of drug-likeness (QED) is 0.805. The lowest BCUT2D eigenvalue weighted by Crippen LogP contribution is -2.04. The van der Waals surface area contributed by atoms with Crippen LogP contribution in [0.25, 0.3) is 10.9 Å². The van der Waals surface area contributed by atoms with Crippen molar-refractivity contribution in [3.05, 3.63) is 47.7 Å². The summed E-state index contributed by atoms with van der Waals surface area (Å²) in [4.78, 5) is 4.64. The molecule has 3 heterocycles. The van der Waals surface area contributed by atoms with Crippen molar-refractivity contribution in [2.75, 3.05) is 13.2 Å². The van der Waals surface area contributed by atoms with Crippen molar-refractivity contribution in [2.45, 2.75) is 32.2 Å². The summed E-state index contributed by atoms with van der Waals surface area (Å²) < 4.78 is 7.75. The summed E-state index contributed by atoms with van der Waals surface area (Å²) >= 11 is 0. The van der Waals surface area contributed by atoms with Gasteiger partial charge in [-0.3, -0.25) is 5.10 Å². The molecule has 0 saturated carbocycles. The normalized spacial score (nSPS) is 18.3. The minimum absolute atomic E-state index is 0.360. The van der Waals surface area contributed by atoms with Crippen LogP contribution in [0.2, 0.25) is 0 Å². The number of rotatable bonds is 4. The SMILES string of the molecule is Cc1cc2ccccc2n1CCc1nc(C2CCOC2)n[nH]1. The van der Waals surface area contributed by atoms with Gasteiger partial charge in [-0.05, 0) is 30.9 Å². The molecule has 1 fully saturated rings. The largest absolute Gasteiger partial charge is 0.381 e. The van der Waals surface area contributed by atoms with Crippen LogP contribution in [0.15, 0.2) is 30.3 Å². The zero-order valence-electron chi connectivity index (χ0n) is 12.7. The highest BCUT2D eigenvalue weighted by molar-refractivity contribution is 5.81. The molecule has 0 spiro atoms. The predicted octanol–water partition coefficient (Wildman–Crippen LogP) is 2.81. The summed E-state index contributed by atoms with van der Waals surface area (Å²) in [5.74, 6) is 2.22. The first-order valence-electron chi connectivity index (χ1n) is 7.85. The molecule has 5 nitrogen and oxygen atoms in total. The molecule has 0 bridgehead atoms. The van der Waals surface area contributed by atoms with Crippen LogP contribution in [0.3, 0.4) is 0 Å². The first-order valence-corrected chi connectivity index (χ1v) is 7.85. The molecule has 1 N–H and O–H groups in total. The van der Waals surface area contributed by atoms with E-state index in [9.17, 15) is 0 Å². The Kier molecular flexibility index (Phi) is 3.42. The van der Waals surface area contributed by atoms with E-state index in [-0.39, 0.29) is 0 Å². The smallest absolute Gasteiger partial charge is 0.156 e. The van der Waals surface area contributed by atoms with E-state index in [4.69, 9.17) is 4.74 Å². The van der Waals surface area contributed by atoms with Gasteiger partial charge in [0.05, 0.1) is 6.61 Å². The molecule has 0 amide bonds. The number of fused-ring (bicyclic) bond motifs is 1. The van der Waals surface area contributed by atoms with Crippen LogP contribution >= 0.6 is 0 Å². The Hall–Kier alpha value is -2.14. The molecule has 22 heavy (non-hydrogen) atoms. The van der Waals surface area contributed by atoms with Crippen LogP contribution in [0.4, 0.5) is 0 Å². The molecular formula is C17H20N4O. The molecule has 114 valence electrons. The van der Waals surface area contributed by atoms with Crippen LogP contribution < -0.4 is 0 Å². The predicted molar refractivity (Wildman–Crippen MR) is 84.9 cm³/mol. The van der Waals surface area contributed by atoms with Gasteiger partial charge in [-0.15, -0.1) is 0 Å². The number of hydrogen-bond acceptors (Lipinski definition) is 3. The Bertz CT molecular complexity index is 783. The number of para-hydroxylation sites is 1. The maximum atomic E-state index is 5.41. The van der Waals surface area contributed by atoms with Gasteiger partial charge in [0.2, 0.25) is 0 Å². The summed E-state index contributed by atoms with van der Waals surface area (Å²) in [5, 5.41) is 8.73. The average molecular weight is 296 g/mol. The molecule has 2 aromatic heterocycles. The number of H-pyrrole nitrogens is 1. The first kappa shape index (κ1) is 13.5. The topological polar surface area (TPSA) is 55.7 Å².